The highest BCUT2D eigenvalue weighted by Crippen LogP contribution is 2.53. The fraction of sp³-hybridized carbons (Fsp3) is 0.682. The van der Waals surface area contributed by atoms with E-state index in [-0.39, 0.29) is 17.4 Å². The van der Waals surface area contributed by atoms with Gasteiger partial charge in [0.15, 0.2) is 0 Å². The molecule has 2 aliphatic heterocycles. The number of hydrogen-bond acceptors (Lipinski definition) is 4. The Kier molecular flexibility index (Phi) is 5.74. The highest BCUT2D eigenvalue weighted by molar-refractivity contribution is 5.86. The third-order valence-corrected chi connectivity index (χ3v) is 7.13. The van der Waals surface area contributed by atoms with Crippen LogP contribution >= 0.6 is 0 Å². The highest BCUT2D eigenvalue weighted by atomic mass is 19.4. The molecule has 0 radical (unpaired) electrons. The maximum atomic E-state index is 12.8. The van der Waals surface area contributed by atoms with Gasteiger partial charge in [0.2, 0.25) is 5.91 Å². The van der Waals surface area contributed by atoms with Gasteiger partial charge in [0.25, 0.3) is 0 Å². The Morgan fingerprint density at radius 1 is 1.07 bits per heavy atom. The lowest BCUT2D eigenvalue weighted by Crippen LogP contribution is -2.56. The molecule has 1 saturated carbocycles. The van der Waals surface area contributed by atoms with Crippen molar-refractivity contribution in [2.45, 2.75) is 50.9 Å². The lowest BCUT2D eigenvalue weighted by atomic mass is 9.90. The summed E-state index contributed by atoms with van der Waals surface area (Å²) < 4.78 is 38.3. The molecule has 0 bridgehead atoms. The van der Waals surface area contributed by atoms with Crippen LogP contribution in [0.2, 0.25) is 0 Å². The summed E-state index contributed by atoms with van der Waals surface area (Å²) >= 11 is 0. The van der Waals surface area contributed by atoms with Crippen LogP contribution in [0, 0.1) is 5.41 Å². The monoisotopic (exact) mass is 425 g/mol. The average Bonchev–Trinajstić information content (AvgIpc) is 3.49. The van der Waals surface area contributed by atoms with Gasteiger partial charge >= 0.3 is 6.18 Å². The van der Waals surface area contributed by atoms with E-state index in [0.717, 1.165) is 57.5 Å². The first kappa shape index (κ1) is 21.4. The van der Waals surface area contributed by atoms with Gasteiger partial charge < -0.3 is 19.8 Å². The van der Waals surface area contributed by atoms with Gasteiger partial charge in [-0.05, 0) is 75.4 Å². The molecule has 1 amide bonds. The Morgan fingerprint density at radius 3 is 2.37 bits per heavy atom. The van der Waals surface area contributed by atoms with Crippen LogP contribution in [0.15, 0.2) is 24.3 Å². The molecule has 2 atom stereocenters. The molecular formula is C22H30F3N3O2. The molecule has 1 aromatic rings. The maximum Gasteiger partial charge on any atom is 0.416 e. The number of carbonyl (C=O) groups is 1. The zero-order chi connectivity index (χ0) is 21.5. The number of aliphatic hydroxyl groups excluding tert-OH is 1. The fourth-order valence-corrected chi connectivity index (χ4v) is 4.86. The first-order valence-corrected chi connectivity index (χ1v) is 10.8. The van der Waals surface area contributed by atoms with E-state index in [4.69, 9.17) is 0 Å². The van der Waals surface area contributed by atoms with Gasteiger partial charge in [-0.25, -0.2) is 0 Å². The van der Waals surface area contributed by atoms with Crippen LogP contribution in [0.1, 0.15) is 38.2 Å². The zero-order valence-electron chi connectivity index (χ0n) is 17.4. The number of nitrogens with zero attached hydrogens (tertiary/aromatic N) is 3. The number of anilines is 1. The SMILES string of the molecule is CC1C(=O)N(CCCN2CCC3(CC3)C(O)C2)CCN1c1ccc(C(F)(F)F)cc1. The van der Waals surface area contributed by atoms with Crippen molar-refractivity contribution in [3.63, 3.8) is 0 Å². The number of rotatable bonds is 5. The van der Waals surface area contributed by atoms with E-state index in [1.165, 1.54) is 12.1 Å². The summed E-state index contributed by atoms with van der Waals surface area (Å²) in [6, 6.07) is 4.62. The molecule has 0 aromatic heterocycles. The molecular weight excluding hydrogens is 395 g/mol. The van der Waals surface area contributed by atoms with Crippen LogP contribution in [0.4, 0.5) is 18.9 Å². The molecule has 1 aromatic carbocycles. The van der Waals surface area contributed by atoms with Crippen LogP contribution in [0.3, 0.4) is 0 Å². The van der Waals surface area contributed by atoms with Gasteiger partial charge in [-0.15, -0.1) is 0 Å². The molecule has 30 heavy (non-hydrogen) atoms. The summed E-state index contributed by atoms with van der Waals surface area (Å²) in [4.78, 5) is 18.8. The number of likely N-dealkylation sites (tertiary alicyclic amines) is 1. The lowest BCUT2D eigenvalue weighted by molar-refractivity contribution is -0.137. The molecule has 3 fully saturated rings. The van der Waals surface area contributed by atoms with Crippen molar-refractivity contribution >= 4 is 11.6 Å². The van der Waals surface area contributed by atoms with E-state index in [2.05, 4.69) is 4.90 Å². The second kappa shape index (κ2) is 8.04. The molecule has 1 aliphatic carbocycles. The Bertz CT molecular complexity index is 764. The quantitative estimate of drug-likeness (QED) is 0.788. The van der Waals surface area contributed by atoms with Crippen molar-refractivity contribution in [2.24, 2.45) is 5.41 Å². The minimum atomic E-state index is -4.36. The van der Waals surface area contributed by atoms with Gasteiger partial charge in [0.1, 0.15) is 6.04 Å². The molecule has 166 valence electrons. The summed E-state index contributed by atoms with van der Waals surface area (Å²) in [5.41, 5.74) is 0.162. The first-order valence-electron chi connectivity index (χ1n) is 10.8. The van der Waals surface area contributed by atoms with Crippen molar-refractivity contribution in [1.29, 1.82) is 0 Å². The smallest absolute Gasteiger partial charge is 0.391 e. The Labute approximate surface area is 175 Å². The number of β-amino-alcohol motifs (C(OH)–C–C–N with tert-alkyl or cyclic N) is 1. The lowest BCUT2D eigenvalue weighted by Gasteiger charge is -2.41. The van der Waals surface area contributed by atoms with Crippen molar-refractivity contribution in [2.75, 3.05) is 44.2 Å². The second-order valence-corrected chi connectivity index (χ2v) is 9.02. The molecule has 2 saturated heterocycles. The molecule has 8 heteroatoms. The number of amides is 1. The van der Waals surface area contributed by atoms with E-state index >= 15 is 0 Å². The zero-order valence-corrected chi connectivity index (χ0v) is 17.4. The third-order valence-electron chi connectivity index (χ3n) is 7.13. The maximum absolute atomic E-state index is 12.8. The Hall–Kier alpha value is -1.80. The summed E-state index contributed by atoms with van der Waals surface area (Å²) in [7, 11) is 0. The van der Waals surface area contributed by atoms with Crippen LogP contribution in [-0.2, 0) is 11.0 Å². The number of carbonyl (C=O) groups excluding carboxylic acids is 1. The van der Waals surface area contributed by atoms with Gasteiger partial charge in [-0.3, -0.25) is 4.79 Å². The number of hydrogen-bond donors (Lipinski definition) is 1. The molecule has 1 N–H and O–H groups in total. The molecule has 2 heterocycles. The van der Waals surface area contributed by atoms with Gasteiger partial charge in [-0.1, -0.05) is 0 Å². The summed E-state index contributed by atoms with van der Waals surface area (Å²) in [5.74, 6) is 0.0109. The predicted molar refractivity (Wildman–Crippen MR) is 108 cm³/mol. The minimum absolute atomic E-state index is 0.0109. The van der Waals surface area contributed by atoms with E-state index in [1.54, 1.807) is 0 Å². The number of piperidine rings is 1. The molecule has 2 unspecified atom stereocenters. The van der Waals surface area contributed by atoms with Gasteiger partial charge in [0, 0.05) is 31.9 Å². The molecule has 3 aliphatic rings. The second-order valence-electron chi connectivity index (χ2n) is 9.02. The van der Waals surface area contributed by atoms with Crippen LogP contribution in [-0.4, -0.2) is 72.2 Å². The van der Waals surface area contributed by atoms with Crippen LogP contribution in [0.25, 0.3) is 0 Å². The van der Waals surface area contributed by atoms with Crippen LogP contribution in [0.5, 0.6) is 0 Å². The van der Waals surface area contributed by atoms with Crippen molar-refractivity contribution in [3.05, 3.63) is 29.8 Å². The van der Waals surface area contributed by atoms with E-state index < -0.39 is 17.8 Å². The summed E-state index contributed by atoms with van der Waals surface area (Å²) in [5, 5.41) is 10.3. The fourth-order valence-electron chi connectivity index (χ4n) is 4.86. The normalized spacial score (nSPS) is 27.0. The van der Waals surface area contributed by atoms with Crippen molar-refractivity contribution in [1.82, 2.24) is 9.80 Å². The third kappa shape index (κ3) is 4.30. The minimum Gasteiger partial charge on any atom is -0.391 e. The standard InChI is InChI=1S/C22H30F3N3O2/c1-16-20(30)27(11-2-10-26-12-9-21(7-8-21)19(29)15-26)13-14-28(16)18-5-3-17(4-6-18)22(23,24)25/h3-6,16,19,29H,2,7-15H2,1H3. The van der Waals surface area contributed by atoms with E-state index in [0.29, 0.717) is 25.3 Å². The number of alkyl halides is 3. The molecule has 4 rings (SSSR count). The number of piperazine rings is 1. The van der Waals surface area contributed by atoms with Crippen molar-refractivity contribution in [3.8, 4) is 0 Å². The van der Waals surface area contributed by atoms with Crippen LogP contribution < -0.4 is 4.90 Å². The summed E-state index contributed by atoms with van der Waals surface area (Å²) in [6.45, 7) is 6.26. The van der Waals surface area contributed by atoms with Gasteiger partial charge in [0.05, 0.1) is 11.7 Å². The van der Waals surface area contributed by atoms with Gasteiger partial charge in [-0.2, -0.15) is 13.2 Å². The topological polar surface area (TPSA) is 47.0 Å². The average molecular weight is 425 g/mol. The largest absolute Gasteiger partial charge is 0.416 e. The van der Waals surface area contributed by atoms with Crippen molar-refractivity contribution < 1.29 is 23.1 Å². The predicted octanol–water partition coefficient (Wildman–Crippen LogP) is 2.98. The number of halogens is 3. The Balaban J connectivity index is 1.26. The molecule has 1 spiro atoms. The van der Waals surface area contributed by atoms with E-state index in [1.807, 2.05) is 16.7 Å². The highest BCUT2D eigenvalue weighted by Gasteiger charge is 2.51. The number of benzene rings is 1. The molecule has 5 nitrogen and oxygen atoms in total. The number of aliphatic hydroxyl groups is 1. The van der Waals surface area contributed by atoms with E-state index in [9.17, 15) is 23.1 Å². The Morgan fingerprint density at radius 2 is 1.77 bits per heavy atom. The first-order chi connectivity index (χ1) is 14.2. The summed E-state index contributed by atoms with van der Waals surface area (Å²) in [6.07, 6.45) is -0.355.